The molecular weight excluding hydrogens is 306 g/mol. The summed E-state index contributed by atoms with van der Waals surface area (Å²) < 4.78 is 13.3. The highest BCUT2D eigenvalue weighted by Gasteiger charge is 2.18. The predicted molar refractivity (Wildman–Crippen MR) is 94.7 cm³/mol. The minimum absolute atomic E-state index is 0.378. The van der Waals surface area contributed by atoms with E-state index in [1.54, 1.807) is 6.92 Å². The second-order valence-corrected chi connectivity index (χ2v) is 5.58. The fourth-order valence-electron chi connectivity index (χ4n) is 2.89. The first-order valence-electron chi connectivity index (χ1n) is 8.14. The molecule has 1 unspecified atom stereocenters. The lowest BCUT2D eigenvalue weighted by atomic mass is 10.1. The zero-order valence-electron chi connectivity index (χ0n) is 14.2. The van der Waals surface area contributed by atoms with Crippen LogP contribution in [-0.2, 0) is 17.9 Å². The quantitative estimate of drug-likeness (QED) is 0.673. The minimum atomic E-state index is -0.432. The Morgan fingerprint density at radius 2 is 2.00 bits per heavy atom. The van der Waals surface area contributed by atoms with Crippen molar-refractivity contribution < 1.29 is 9.47 Å². The summed E-state index contributed by atoms with van der Waals surface area (Å²) in [7, 11) is 0. The fourth-order valence-corrected chi connectivity index (χ4v) is 2.89. The highest BCUT2D eigenvalue weighted by molar-refractivity contribution is 6.08. The molecule has 7 nitrogen and oxygen atoms in total. The Kier molecular flexibility index (Phi) is 4.55. The van der Waals surface area contributed by atoms with E-state index in [-0.39, 0.29) is 0 Å². The lowest BCUT2D eigenvalue weighted by Crippen LogP contribution is -2.22. The van der Waals surface area contributed by atoms with Gasteiger partial charge in [-0.05, 0) is 26.8 Å². The van der Waals surface area contributed by atoms with Crippen molar-refractivity contribution in [1.82, 2.24) is 14.5 Å². The molecule has 0 aliphatic heterocycles. The number of ether oxygens (including phenoxy) is 2. The van der Waals surface area contributed by atoms with Gasteiger partial charge in [0, 0.05) is 18.5 Å². The molecule has 0 spiro atoms. The van der Waals surface area contributed by atoms with Crippen LogP contribution in [0.3, 0.4) is 0 Å². The standard InChI is InChI=1S/C17H23N5O2/c1-4-22-13(9-23-5-2)20-15-16(22)11-7-6-8-12(24-10(3)18)14(11)21-17(15)19/h6-8,10H,4-5,9,18H2,1-3H3,(H2,19,21). The van der Waals surface area contributed by atoms with Gasteiger partial charge in [0.1, 0.15) is 35.4 Å². The summed E-state index contributed by atoms with van der Waals surface area (Å²) in [5.41, 5.74) is 14.3. The molecule has 1 atom stereocenters. The summed E-state index contributed by atoms with van der Waals surface area (Å²) >= 11 is 0. The normalized spacial score (nSPS) is 12.8. The van der Waals surface area contributed by atoms with E-state index in [1.807, 2.05) is 25.1 Å². The van der Waals surface area contributed by atoms with Crippen molar-refractivity contribution in [2.24, 2.45) is 5.73 Å². The molecule has 4 N–H and O–H groups in total. The number of aromatic nitrogens is 3. The van der Waals surface area contributed by atoms with Crippen molar-refractivity contribution in [3.05, 3.63) is 24.0 Å². The number of hydrogen-bond acceptors (Lipinski definition) is 6. The lowest BCUT2D eigenvalue weighted by molar-refractivity contribution is 0.126. The first kappa shape index (κ1) is 16.5. The van der Waals surface area contributed by atoms with E-state index >= 15 is 0 Å². The van der Waals surface area contributed by atoms with E-state index in [1.165, 1.54) is 0 Å². The van der Waals surface area contributed by atoms with Crippen LogP contribution in [0.1, 0.15) is 26.6 Å². The molecule has 0 fully saturated rings. The maximum atomic E-state index is 6.17. The van der Waals surface area contributed by atoms with Crippen molar-refractivity contribution in [3.8, 4) is 5.75 Å². The largest absolute Gasteiger partial charge is 0.474 e. The second-order valence-electron chi connectivity index (χ2n) is 5.58. The SMILES string of the molecule is CCOCc1nc2c(N)nc3c(OC(C)N)cccc3c2n1CC. The third kappa shape index (κ3) is 2.76. The molecule has 1 aromatic carbocycles. The van der Waals surface area contributed by atoms with E-state index in [4.69, 9.17) is 20.9 Å². The van der Waals surface area contributed by atoms with Gasteiger partial charge in [0.05, 0.1) is 5.52 Å². The molecule has 128 valence electrons. The van der Waals surface area contributed by atoms with E-state index < -0.39 is 6.23 Å². The molecule has 2 heterocycles. The molecule has 0 amide bonds. The summed E-state index contributed by atoms with van der Waals surface area (Å²) in [4.78, 5) is 9.15. The summed E-state index contributed by atoms with van der Waals surface area (Å²) in [6.07, 6.45) is -0.432. The van der Waals surface area contributed by atoms with E-state index in [9.17, 15) is 0 Å². The maximum Gasteiger partial charge on any atom is 0.152 e. The van der Waals surface area contributed by atoms with Gasteiger partial charge in [0.2, 0.25) is 0 Å². The molecule has 7 heteroatoms. The molecular formula is C17H23N5O2. The van der Waals surface area contributed by atoms with Crippen molar-refractivity contribution in [2.75, 3.05) is 12.3 Å². The van der Waals surface area contributed by atoms with Crippen molar-refractivity contribution >= 4 is 27.8 Å². The zero-order valence-corrected chi connectivity index (χ0v) is 14.2. The highest BCUT2D eigenvalue weighted by Crippen LogP contribution is 2.33. The van der Waals surface area contributed by atoms with Crippen molar-refractivity contribution in [1.29, 1.82) is 0 Å². The molecule has 0 bridgehead atoms. The van der Waals surface area contributed by atoms with Crippen LogP contribution in [0.25, 0.3) is 21.9 Å². The number of fused-ring (bicyclic) bond motifs is 3. The number of pyridine rings is 1. The number of para-hydroxylation sites is 1. The van der Waals surface area contributed by atoms with Gasteiger partial charge in [-0.25, -0.2) is 9.97 Å². The fraction of sp³-hybridized carbons (Fsp3) is 0.412. The van der Waals surface area contributed by atoms with Gasteiger partial charge in [0.25, 0.3) is 0 Å². The predicted octanol–water partition coefficient (Wildman–Crippen LogP) is 2.41. The molecule has 0 aliphatic carbocycles. The summed E-state index contributed by atoms with van der Waals surface area (Å²) in [5, 5.41) is 0.939. The van der Waals surface area contributed by atoms with Crippen LogP contribution >= 0.6 is 0 Å². The van der Waals surface area contributed by atoms with E-state index in [2.05, 4.69) is 21.5 Å². The van der Waals surface area contributed by atoms with Gasteiger partial charge in [0.15, 0.2) is 5.82 Å². The number of rotatable bonds is 6. The Morgan fingerprint density at radius 1 is 1.21 bits per heavy atom. The maximum absolute atomic E-state index is 6.17. The molecule has 24 heavy (non-hydrogen) atoms. The van der Waals surface area contributed by atoms with E-state index in [0.29, 0.717) is 35.8 Å². The smallest absolute Gasteiger partial charge is 0.152 e. The highest BCUT2D eigenvalue weighted by atomic mass is 16.5. The number of aryl methyl sites for hydroxylation is 1. The average molecular weight is 329 g/mol. The van der Waals surface area contributed by atoms with Crippen LogP contribution < -0.4 is 16.2 Å². The number of anilines is 1. The molecule has 3 rings (SSSR count). The van der Waals surface area contributed by atoms with Gasteiger partial charge in [-0.1, -0.05) is 12.1 Å². The average Bonchev–Trinajstić information content (AvgIpc) is 2.92. The molecule has 0 radical (unpaired) electrons. The summed E-state index contributed by atoms with van der Waals surface area (Å²) in [5.74, 6) is 1.84. The zero-order chi connectivity index (χ0) is 17.3. The molecule has 0 aliphatic rings. The summed E-state index contributed by atoms with van der Waals surface area (Å²) in [6, 6.07) is 5.76. The number of nitrogen functional groups attached to an aromatic ring is 1. The van der Waals surface area contributed by atoms with E-state index in [0.717, 1.165) is 23.3 Å². The third-order valence-corrected chi connectivity index (χ3v) is 3.84. The molecule has 2 aromatic heterocycles. The van der Waals surface area contributed by atoms with Gasteiger partial charge < -0.3 is 19.8 Å². The Labute approximate surface area is 140 Å². The van der Waals surface area contributed by atoms with Gasteiger partial charge in [-0.3, -0.25) is 5.73 Å². The second kappa shape index (κ2) is 6.62. The van der Waals surface area contributed by atoms with Crippen molar-refractivity contribution in [3.63, 3.8) is 0 Å². The lowest BCUT2D eigenvalue weighted by Gasteiger charge is -2.13. The number of imidazole rings is 1. The molecule has 0 saturated carbocycles. The third-order valence-electron chi connectivity index (χ3n) is 3.84. The Balaban J connectivity index is 2.31. The molecule has 0 saturated heterocycles. The molecule has 3 aromatic rings. The summed E-state index contributed by atoms with van der Waals surface area (Å²) in [6.45, 7) is 7.64. The number of nitrogens with two attached hydrogens (primary N) is 2. The Bertz CT molecular complexity index is 872. The number of hydrogen-bond donors (Lipinski definition) is 2. The Morgan fingerprint density at radius 3 is 2.67 bits per heavy atom. The monoisotopic (exact) mass is 329 g/mol. The van der Waals surface area contributed by atoms with Gasteiger partial charge in [-0.2, -0.15) is 0 Å². The van der Waals surface area contributed by atoms with Crippen LogP contribution in [-0.4, -0.2) is 27.4 Å². The Hall–Kier alpha value is -2.38. The van der Waals surface area contributed by atoms with Crippen molar-refractivity contribution in [2.45, 2.75) is 40.2 Å². The van der Waals surface area contributed by atoms with Crippen LogP contribution in [0.4, 0.5) is 5.82 Å². The van der Waals surface area contributed by atoms with Gasteiger partial charge >= 0.3 is 0 Å². The van der Waals surface area contributed by atoms with Crippen LogP contribution in [0.5, 0.6) is 5.75 Å². The first-order chi connectivity index (χ1) is 11.6. The minimum Gasteiger partial charge on any atom is -0.474 e. The number of nitrogens with zero attached hydrogens (tertiary/aromatic N) is 3. The van der Waals surface area contributed by atoms with Crippen LogP contribution in [0, 0.1) is 0 Å². The van der Waals surface area contributed by atoms with Crippen LogP contribution in [0.15, 0.2) is 18.2 Å². The first-order valence-corrected chi connectivity index (χ1v) is 8.14. The number of benzene rings is 1. The van der Waals surface area contributed by atoms with Gasteiger partial charge in [-0.15, -0.1) is 0 Å². The van der Waals surface area contributed by atoms with Crippen LogP contribution in [0.2, 0.25) is 0 Å². The topological polar surface area (TPSA) is 101 Å².